The Hall–Kier alpha value is -2.45. The third kappa shape index (κ3) is 7.01. The Labute approximate surface area is 196 Å². The van der Waals surface area contributed by atoms with Crippen molar-refractivity contribution in [2.75, 3.05) is 20.1 Å². The van der Waals surface area contributed by atoms with Crippen molar-refractivity contribution >= 4 is 17.8 Å². The molecule has 2 unspecified atom stereocenters. The Morgan fingerprint density at radius 2 is 1.97 bits per heavy atom. The summed E-state index contributed by atoms with van der Waals surface area (Å²) in [6.07, 6.45) is 3.71. The summed E-state index contributed by atoms with van der Waals surface area (Å²) in [7, 11) is 2.13. The van der Waals surface area contributed by atoms with Crippen molar-refractivity contribution in [2.24, 2.45) is 5.92 Å². The standard InChI is InChI=1S/C25H38N2O6/c1-6-25(12-7-8-13-27(5)16-25)18-10-9-11-19(14-18)33-20(28)15-24(4,32)23(31)26-21(17(2)3)22(29)30/h9-11,14,17,21,32H,6-8,12-13,15-16H2,1-5H3,(H,26,31)(H,29,30)/t21?,24-,25?/m0/s1. The lowest BCUT2D eigenvalue weighted by atomic mass is 9.74. The number of amides is 1. The second-order valence-electron chi connectivity index (χ2n) is 9.81. The van der Waals surface area contributed by atoms with E-state index in [0.29, 0.717) is 5.75 Å². The minimum Gasteiger partial charge on any atom is -0.480 e. The number of ether oxygens (including phenoxy) is 1. The summed E-state index contributed by atoms with van der Waals surface area (Å²) in [4.78, 5) is 38.7. The van der Waals surface area contributed by atoms with E-state index in [1.165, 1.54) is 6.92 Å². The Kier molecular flexibility index (Phi) is 9.03. The summed E-state index contributed by atoms with van der Waals surface area (Å²) in [5.41, 5.74) is -1.03. The third-order valence-electron chi connectivity index (χ3n) is 6.57. The minimum atomic E-state index is -2.11. The molecule has 0 spiro atoms. The van der Waals surface area contributed by atoms with Crippen LogP contribution in [0, 0.1) is 5.92 Å². The molecule has 1 aliphatic rings. The molecular weight excluding hydrogens is 424 g/mol. The second-order valence-corrected chi connectivity index (χ2v) is 9.81. The second kappa shape index (κ2) is 11.1. The highest BCUT2D eigenvalue weighted by Crippen LogP contribution is 2.37. The number of carbonyl (C=O) groups excluding carboxylic acids is 2. The first kappa shape index (κ1) is 26.8. The van der Waals surface area contributed by atoms with Gasteiger partial charge in [0.1, 0.15) is 11.8 Å². The number of rotatable bonds is 9. The average Bonchev–Trinajstić information content (AvgIpc) is 2.92. The topological polar surface area (TPSA) is 116 Å². The smallest absolute Gasteiger partial charge is 0.326 e. The SMILES string of the molecule is CCC1(c2cccc(OC(=O)C[C@](C)(O)C(=O)NC(C(=O)O)C(C)C)c2)CCCCN(C)C1. The molecule has 0 aromatic heterocycles. The van der Waals surface area contributed by atoms with Gasteiger partial charge in [0.2, 0.25) is 0 Å². The van der Waals surface area contributed by atoms with Crippen molar-refractivity contribution in [3.05, 3.63) is 29.8 Å². The zero-order valence-electron chi connectivity index (χ0n) is 20.4. The van der Waals surface area contributed by atoms with Crippen LogP contribution in [0.15, 0.2) is 24.3 Å². The van der Waals surface area contributed by atoms with Gasteiger partial charge in [-0.2, -0.15) is 0 Å². The van der Waals surface area contributed by atoms with E-state index in [2.05, 4.69) is 30.3 Å². The summed E-state index contributed by atoms with van der Waals surface area (Å²) < 4.78 is 5.47. The Morgan fingerprint density at radius 3 is 2.58 bits per heavy atom. The fraction of sp³-hybridized carbons (Fsp3) is 0.640. The molecule has 1 saturated heterocycles. The molecule has 2 rings (SSSR count). The molecule has 1 amide bonds. The molecule has 33 heavy (non-hydrogen) atoms. The molecule has 184 valence electrons. The van der Waals surface area contributed by atoms with Gasteiger partial charge in [-0.15, -0.1) is 0 Å². The van der Waals surface area contributed by atoms with Crippen LogP contribution in [-0.4, -0.2) is 64.7 Å². The summed E-state index contributed by atoms with van der Waals surface area (Å²) in [6.45, 7) is 8.62. The highest BCUT2D eigenvalue weighted by molar-refractivity contribution is 5.92. The van der Waals surface area contributed by atoms with E-state index in [9.17, 15) is 24.6 Å². The maximum absolute atomic E-state index is 12.5. The van der Waals surface area contributed by atoms with Gasteiger partial charge >= 0.3 is 11.9 Å². The number of hydrogen-bond donors (Lipinski definition) is 3. The lowest BCUT2D eigenvalue weighted by Gasteiger charge is -2.35. The van der Waals surface area contributed by atoms with Crippen molar-refractivity contribution in [3.8, 4) is 5.75 Å². The first-order chi connectivity index (χ1) is 15.4. The molecule has 0 bridgehead atoms. The van der Waals surface area contributed by atoms with E-state index < -0.39 is 35.9 Å². The van der Waals surface area contributed by atoms with Crippen molar-refractivity contribution in [2.45, 2.75) is 76.9 Å². The van der Waals surface area contributed by atoms with Crippen LogP contribution in [0.5, 0.6) is 5.75 Å². The predicted octanol–water partition coefficient (Wildman–Crippen LogP) is 2.72. The Morgan fingerprint density at radius 1 is 1.27 bits per heavy atom. The lowest BCUT2D eigenvalue weighted by Crippen LogP contribution is -2.53. The fourth-order valence-corrected chi connectivity index (χ4v) is 4.48. The van der Waals surface area contributed by atoms with Gasteiger partial charge in [0.15, 0.2) is 5.60 Å². The van der Waals surface area contributed by atoms with Gasteiger partial charge in [-0.1, -0.05) is 39.3 Å². The molecule has 3 N–H and O–H groups in total. The van der Waals surface area contributed by atoms with Crippen LogP contribution in [-0.2, 0) is 19.8 Å². The van der Waals surface area contributed by atoms with E-state index in [1.807, 2.05) is 12.1 Å². The number of carboxylic acid groups (broad SMARTS) is 1. The highest BCUT2D eigenvalue weighted by Gasteiger charge is 2.37. The molecule has 1 aromatic carbocycles. The Balaban J connectivity index is 2.11. The first-order valence-electron chi connectivity index (χ1n) is 11.7. The molecule has 0 aliphatic carbocycles. The molecule has 1 aromatic rings. The van der Waals surface area contributed by atoms with Crippen LogP contribution < -0.4 is 10.1 Å². The average molecular weight is 463 g/mol. The number of aliphatic carboxylic acids is 1. The molecule has 8 heteroatoms. The maximum Gasteiger partial charge on any atom is 0.326 e. The summed E-state index contributed by atoms with van der Waals surface area (Å²) in [5, 5.41) is 22.1. The maximum atomic E-state index is 12.5. The van der Waals surface area contributed by atoms with Crippen molar-refractivity contribution in [1.82, 2.24) is 10.2 Å². The van der Waals surface area contributed by atoms with Gasteiger partial charge in [0.05, 0.1) is 6.42 Å². The van der Waals surface area contributed by atoms with Gasteiger partial charge in [-0.3, -0.25) is 9.59 Å². The number of likely N-dealkylation sites (tertiary alicyclic amines) is 1. The van der Waals surface area contributed by atoms with Crippen LogP contribution >= 0.6 is 0 Å². The number of carbonyl (C=O) groups is 3. The zero-order valence-corrected chi connectivity index (χ0v) is 20.4. The largest absolute Gasteiger partial charge is 0.480 e. The molecule has 0 radical (unpaired) electrons. The number of esters is 1. The van der Waals surface area contributed by atoms with E-state index in [4.69, 9.17) is 4.74 Å². The van der Waals surface area contributed by atoms with Gasteiger partial charge in [-0.25, -0.2) is 4.79 Å². The monoisotopic (exact) mass is 462 g/mol. The molecule has 1 aliphatic heterocycles. The zero-order chi connectivity index (χ0) is 24.8. The van der Waals surface area contributed by atoms with Gasteiger partial charge in [-0.05, 0) is 63.4 Å². The number of benzene rings is 1. The predicted molar refractivity (Wildman–Crippen MR) is 125 cm³/mol. The molecule has 1 heterocycles. The molecular formula is C25H38N2O6. The number of nitrogens with one attached hydrogen (secondary N) is 1. The van der Waals surface area contributed by atoms with Crippen molar-refractivity contribution < 1.29 is 29.3 Å². The normalized spacial score (nSPS) is 22.2. The van der Waals surface area contributed by atoms with Gasteiger partial charge in [0.25, 0.3) is 5.91 Å². The van der Waals surface area contributed by atoms with Crippen molar-refractivity contribution in [3.63, 3.8) is 0 Å². The van der Waals surface area contributed by atoms with E-state index in [-0.39, 0.29) is 11.3 Å². The van der Waals surface area contributed by atoms with Crippen LogP contribution in [0.4, 0.5) is 0 Å². The molecule has 8 nitrogen and oxygen atoms in total. The van der Waals surface area contributed by atoms with Gasteiger partial charge < -0.3 is 25.2 Å². The minimum absolute atomic E-state index is 0.0261. The Bertz CT molecular complexity index is 853. The van der Waals surface area contributed by atoms with Crippen LogP contribution in [0.25, 0.3) is 0 Å². The summed E-state index contributed by atoms with van der Waals surface area (Å²) in [6, 6.07) is 6.29. The lowest BCUT2D eigenvalue weighted by molar-refractivity contribution is -0.152. The molecule has 3 atom stereocenters. The number of nitrogens with zero attached hydrogens (tertiary/aromatic N) is 1. The number of aliphatic hydroxyl groups is 1. The van der Waals surface area contributed by atoms with Gasteiger partial charge in [0, 0.05) is 12.0 Å². The summed E-state index contributed by atoms with van der Waals surface area (Å²) in [5.74, 6) is -2.93. The molecule has 1 fully saturated rings. The van der Waals surface area contributed by atoms with Crippen LogP contribution in [0.3, 0.4) is 0 Å². The summed E-state index contributed by atoms with van der Waals surface area (Å²) >= 11 is 0. The van der Waals surface area contributed by atoms with E-state index in [1.54, 1.807) is 19.9 Å². The van der Waals surface area contributed by atoms with Crippen LogP contribution in [0.2, 0.25) is 0 Å². The van der Waals surface area contributed by atoms with E-state index >= 15 is 0 Å². The van der Waals surface area contributed by atoms with Crippen molar-refractivity contribution in [1.29, 1.82) is 0 Å². The van der Waals surface area contributed by atoms with E-state index in [0.717, 1.165) is 44.3 Å². The molecule has 0 saturated carbocycles. The first-order valence-corrected chi connectivity index (χ1v) is 11.7. The van der Waals surface area contributed by atoms with Crippen LogP contribution in [0.1, 0.15) is 65.4 Å². The highest BCUT2D eigenvalue weighted by atomic mass is 16.5. The quantitative estimate of drug-likeness (QED) is 0.382. The third-order valence-corrected chi connectivity index (χ3v) is 6.57. The number of hydrogen-bond acceptors (Lipinski definition) is 6. The fourth-order valence-electron chi connectivity index (χ4n) is 4.48. The number of carboxylic acids is 1. The number of likely N-dealkylation sites (N-methyl/N-ethyl adjacent to an activating group) is 1.